The van der Waals surface area contributed by atoms with Crippen molar-refractivity contribution < 1.29 is 37.7 Å². The second kappa shape index (κ2) is 12.1. The number of aliphatic carboxylic acids is 1. The number of hydrogen-bond donors (Lipinski definition) is 2. The van der Waals surface area contributed by atoms with Gasteiger partial charge in [0.2, 0.25) is 5.91 Å². The zero-order chi connectivity index (χ0) is 25.2. The molecule has 1 aromatic carbocycles. The number of ether oxygens (including phenoxy) is 2. The molecule has 33 heavy (non-hydrogen) atoms. The molecule has 0 aliphatic rings. The molecule has 0 radical (unpaired) electrons. The number of rotatable bonds is 12. The summed E-state index contributed by atoms with van der Waals surface area (Å²) in [5.74, 6) is -6.29. The summed E-state index contributed by atoms with van der Waals surface area (Å²) in [6.45, 7) is 3.21. The van der Waals surface area contributed by atoms with E-state index in [2.05, 4.69) is 4.99 Å². The molecule has 0 spiro atoms. The summed E-state index contributed by atoms with van der Waals surface area (Å²) in [5.41, 5.74) is 4.90. The van der Waals surface area contributed by atoms with Crippen molar-refractivity contribution >= 4 is 24.1 Å². The Labute approximate surface area is 191 Å². The highest BCUT2D eigenvalue weighted by molar-refractivity contribution is 5.87. The van der Waals surface area contributed by atoms with Crippen LogP contribution in [0.1, 0.15) is 44.7 Å². The lowest BCUT2D eigenvalue weighted by atomic mass is 9.77. The highest BCUT2D eigenvalue weighted by Gasteiger charge is 2.40. The second-order valence-corrected chi connectivity index (χ2v) is 7.98. The van der Waals surface area contributed by atoms with E-state index in [-0.39, 0.29) is 12.3 Å². The molecule has 10 heteroatoms. The van der Waals surface area contributed by atoms with Crippen LogP contribution < -0.4 is 5.73 Å². The van der Waals surface area contributed by atoms with Gasteiger partial charge in [-0.25, -0.2) is 13.8 Å². The lowest BCUT2D eigenvalue weighted by Crippen LogP contribution is -2.36. The Bertz CT molecular complexity index is 916. The average Bonchev–Trinajstić information content (AvgIpc) is 2.75. The van der Waals surface area contributed by atoms with Gasteiger partial charge < -0.3 is 20.3 Å². The molecule has 1 aromatic rings. The summed E-state index contributed by atoms with van der Waals surface area (Å²) in [6.07, 6.45) is 1.28. The molecule has 1 rings (SSSR count). The highest BCUT2D eigenvalue weighted by atomic mass is 19.3. The van der Waals surface area contributed by atoms with E-state index >= 15 is 0 Å². The average molecular weight is 468 g/mol. The summed E-state index contributed by atoms with van der Waals surface area (Å²) in [5, 5.41) is 9.82. The number of carboxylic acid groups (broad SMARTS) is 1. The van der Waals surface area contributed by atoms with Gasteiger partial charge in [-0.15, -0.1) is 0 Å². The highest BCUT2D eigenvalue weighted by Crippen LogP contribution is 2.35. The van der Waals surface area contributed by atoms with Crippen molar-refractivity contribution in [3.8, 4) is 0 Å². The number of halogens is 2. The van der Waals surface area contributed by atoms with Gasteiger partial charge in [-0.3, -0.25) is 14.4 Å². The maximum Gasteiger partial charge on any atom is 0.313 e. The van der Waals surface area contributed by atoms with Crippen LogP contribution in [-0.4, -0.2) is 48.8 Å². The third-order valence-electron chi connectivity index (χ3n) is 5.12. The number of alkyl halides is 2. The monoisotopic (exact) mass is 468 g/mol. The van der Waals surface area contributed by atoms with E-state index < -0.39 is 48.1 Å². The van der Waals surface area contributed by atoms with E-state index in [9.17, 15) is 28.3 Å². The molecule has 8 nitrogen and oxygen atoms in total. The first-order valence-corrected chi connectivity index (χ1v) is 10.2. The molecule has 0 fully saturated rings. The quantitative estimate of drug-likeness (QED) is 0.274. The van der Waals surface area contributed by atoms with Crippen LogP contribution in [0, 0.1) is 5.92 Å². The fraction of sp³-hybridized carbons (Fsp3) is 0.478. The number of hydrogen-bond acceptors (Lipinski definition) is 6. The van der Waals surface area contributed by atoms with Crippen molar-refractivity contribution in [1.29, 1.82) is 0 Å². The number of esters is 1. The summed E-state index contributed by atoms with van der Waals surface area (Å²) >= 11 is 0. The van der Waals surface area contributed by atoms with Crippen LogP contribution in [0.5, 0.6) is 0 Å². The summed E-state index contributed by atoms with van der Waals surface area (Å²) < 4.78 is 38.3. The molecule has 2 unspecified atom stereocenters. The summed E-state index contributed by atoms with van der Waals surface area (Å²) in [4.78, 5) is 37.8. The van der Waals surface area contributed by atoms with Gasteiger partial charge in [-0.2, -0.15) is 0 Å². The Balaban J connectivity index is 2.91. The van der Waals surface area contributed by atoms with Crippen molar-refractivity contribution in [2.75, 3.05) is 13.7 Å². The molecule has 0 aliphatic carbocycles. The van der Waals surface area contributed by atoms with E-state index in [1.165, 1.54) is 21.0 Å². The molecule has 2 atom stereocenters. The van der Waals surface area contributed by atoms with Gasteiger partial charge in [0.1, 0.15) is 0 Å². The standard InChI is InChI=1S/C23H30F2N2O6/c1-15(20(29)32-4)12-17-6-5-7-18(13-17)22(3,21(30)31)9-10-23(24,25)14-33-19(26)8-11-27-16(2)28/h5-8,11,13,15H,9-10,12,14,26H2,1-4H3,(H,30,31)/b19-8+,27-11?. The van der Waals surface area contributed by atoms with Crippen LogP contribution in [0.3, 0.4) is 0 Å². The first kappa shape index (κ1) is 27.7. The van der Waals surface area contributed by atoms with Crippen molar-refractivity contribution in [2.24, 2.45) is 16.6 Å². The van der Waals surface area contributed by atoms with Crippen LogP contribution in [-0.2, 0) is 35.7 Å². The predicted molar refractivity (Wildman–Crippen MR) is 118 cm³/mol. The van der Waals surface area contributed by atoms with Crippen molar-refractivity contribution in [3.05, 3.63) is 47.4 Å². The third kappa shape index (κ3) is 8.99. The SMILES string of the molecule is COC(=O)C(C)Cc1cccc(C(C)(CCC(F)(F)CO/C(N)=C/C=NC(C)=O)C(=O)O)c1. The van der Waals surface area contributed by atoms with E-state index in [1.807, 2.05) is 0 Å². The molecule has 0 aliphatic heterocycles. The predicted octanol–water partition coefficient (Wildman–Crippen LogP) is 3.23. The van der Waals surface area contributed by atoms with Gasteiger partial charge in [0.15, 0.2) is 12.5 Å². The maximum atomic E-state index is 14.4. The minimum Gasteiger partial charge on any atom is -0.481 e. The van der Waals surface area contributed by atoms with Crippen molar-refractivity contribution in [1.82, 2.24) is 0 Å². The number of nitrogens with zero attached hydrogens (tertiary/aromatic N) is 1. The fourth-order valence-electron chi connectivity index (χ4n) is 3.01. The number of methoxy groups -OCH3 is 1. The van der Waals surface area contributed by atoms with Crippen molar-refractivity contribution in [2.45, 2.75) is 51.4 Å². The zero-order valence-electron chi connectivity index (χ0n) is 19.1. The van der Waals surface area contributed by atoms with Gasteiger partial charge in [0.25, 0.3) is 5.92 Å². The minimum absolute atomic E-state index is 0.318. The molecule has 182 valence electrons. The van der Waals surface area contributed by atoms with Crippen LogP contribution in [0.4, 0.5) is 8.78 Å². The van der Waals surface area contributed by atoms with E-state index in [0.717, 1.165) is 12.3 Å². The molecule has 0 saturated carbocycles. The summed E-state index contributed by atoms with van der Waals surface area (Å²) in [6, 6.07) is 6.53. The largest absolute Gasteiger partial charge is 0.481 e. The van der Waals surface area contributed by atoms with Crippen LogP contribution >= 0.6 is 0 Å². The molecule has 1 amide bonds. The van der Waals surface area contributed by atoms with Crippen LogP contribution in [0.15, 0.2) is 41.2 Å². The number of carboxylic acids is 1. The number of benzene rings is 1. The van der Waals surface area contributed by atoms with Crippen LogP contribution in [0.25, 0.3) is 0 Å². The molecule has 0 heterocycles. The third-order valence-corrected chi connectivity index (χ3v) is 5.12. The smallest absolute Gasteiger partial charge is 0.313 e. The minimum atomic E-state index is -3.36. The van der Waals surface area contributed by atoms with Gasteiger partial charge in [0, 0.05) is 25.6 Å². The Hall–Kier alpha value is -3.30. The van der Waals surface area contributed by atoms with Crippen LogP contribution in [0.2, 0.25) is 0 Å². The summed E-state index contributed by atoms with van der Waals surface area (Å²) in [7, 11) is 1.28. The first-order valence-electron chi connectivity index (χ1n) is 10.2. The number of nitrogens with two attached hydrogens (primary N) is 1. The van der Waals surface area contributed by atoms with Gasteiger partial charge in [-0.05, 0) is 30.9 Å². The fourth-order valence-corrected chi connectivity index (χ4v) is 3.01. The molecule has 0 aromatic heterocycles. The Kier molecular flexibility index (Phi) is 10.2. The maximum absolute atomic E-state index is 14.4. The lowest BCUT2D eigenvalue weighted by molar-refractivity contribution is -0.145. The van der Waals surface area contributed by atoms with Gasteiger partial charge in [-0.1, -0.05) is 31.2 Å². The molecular weight excluding hydrogens is 438 g/mol. The van der Waals surface area contributed by atoms with E-state index in [0.29, 0.717) is 17.5 Å². The number of amides is 1. The Morgan fingerprint density at radius 3 is 2.52 bits per heavy atom. The molecular formula is C23H30F2N2O6. The van der Waals surface area contributed by atoms with Gasteiger partial charge in [0.05, 0.1) is 18.4 Å². The molecule has 3 N–H and O–H groups in total. The molecule has 0 saturated heterocycles. The van der Waals surface area contributed by atoms with Gasteiger partial charge >= 0.3 is 11.9 Å². The number of allylic oxidation sites excluding steroid dienone is 1. The lowest BCUT2D eigenvalue weighted by Gasteiger charge is -2.28. The normalized spacial score (nSPS) is 15.0. The number of carbonyl (C=O) groups excluding carboxylic acids is 2. The molecule has 0 bridgehead atoms. The van der Waals surface area contributed by atoms with E-state index in [4.69, 9.17) is 15.2 Å². The Morgan fingerprint density at radius 2 is 1.94 bits per heavy atom. The van der Waals surface area contributed by atoms with E-state index in [1.54, 1.807) is 31.2 Å². The van der Waals surface area contributed by atoms with Crippen molar-refractivity contribution in [3.63, 3.8) is 0 Å². The number of carbonyl (C=O) groups is 3. The zero-order valence-corrected chi connectivity index (χ0v) is 19.1. The first-order chi connectivity index (χ1) is 15.3. The topological polar surface area (TPSA) is 128 Å². The number of aliphatic imine (C=N–C) groups is 1. The Morgan fingerprint density at radius 1 is 1.27 bits per heavy atom. The second-order valence-electron chi connectivity index (χ2n) is 7.98.